The van der Waals surface area contributed by atoms with Crippen LogP contribution in [0.4, 0.5) is 10.1 Å². The quantitative estimate of drug-likeness (QED) is 0.301. The van der Waals surface area contributed by atoms with Gasteiger partial charge in [0.1, 0.15) is 24.2 Å². The highest BCUT2D eigenvalue weighted by Gasteiger charge is 2.32. The fraction of sp³-hybridized carbons (Fsp3) is 0.286. The third-order valence-electron chi connectivity index (χ3n) is 5.99. The molecule has 0 aromatic heterocycles. The van der Waals surface area contributed by atoms with Crippen LogP contribution < -0.4 is 14.4 Å². The number of amides is 2. The molecule has 0 aliphatic rings. The van der Waals surface area contributed by atoms with Crippen molar-refractivity contribution in [3.8, 4) is 5.75 Å². The Hall–Kier alpha value is -3.34. The Labute approximate surface area is 243 Å². The fourth-order valence-electron chi connectivity index (χ4n) is 3.88. The zero-order valence-corrected chi connectivity index (χ0v) is 24.6. The van der Waals surface area contributed by atoms with Crippen molar-refractivity contribution in [2.24, 2.45) is 0 Å². The zero-order valence-electron chi connectivity index (χ0n) is 22.2. The van der Waals surface area contributed by atoms with Crippen LogP contribution in [0.2, 0.25) is 10.0 Å². The Kier molecular flexibility index (Phi) is 10.8. The van der Waals surface area contributed by atoms with Crippen LogP contribution in [-0.2, 0) is 26.2 Å². The SMILES string of the molecule is CCNC(=O)C(C)N(Cc1ccc(Cl)cc1Cl)C(=O)CN(c1ccc(F)cc1)S(=O)(=O)c1ccc(OCC)cc1. The number of nitrogens with one attached hydrogen (secondary N) is 1. The monoisotopic (exact) mass is 609 g/mol. The molecule has 1 unspecified atom stereocenters. The molecule has 12 heteroatoms. The van der Waals surface area contributed by atoms with Gasteiger partial charge in [-0.3, -0.25) is 13.9 Å². The number of anilines is 1. The lowest BCUT2D eigenvalue weighted by atomic mass is 10.1. The second kappa shape index (κ2) is 13.8. The third kappa shape index (κ3) is 7.65. The maximum absolute atomic E-state index is 13.8. The van der Waals surface area contributed by atoms with E-state index < -0.39 is 40.2 Å². The van der Waals surface area contributed by atoms with Crippen molar-refractivity contribution in [3.05, 3.63) is 88.2 Å². The summed E-state index contributed by atoms with van der Waals surface area (Å²) in [5, 5.41) is 3.36. The molecule has 1 atom stereocenters. The molecule has 0 aliphatic heterocycles. The van der Waals surface area contributed by atoms with Gasteiger partial charge in [0.2, 0.25) is 11.8 Å². The first-order valence-corrected chi connectivity index (χ1v) is 14.7. The van der Waals surface area contributed by atoms with Gasteiger partial charge >= 0.3 is 0 Å². The van der Waals surface area contributed by atoms with E-state index in [4.69, 9.17) is 27.9 Å². The first-order chi connectivity index (χ1) is 19.0. The van der Waals surface area contributed by atoms with Crippen molar-refractivity contribution < 1.29 is 27.1 Å². The molecule has 0 heterocycles. The topological polar surface area (TPSA) is 96.0 Å². The number of benzene rings is 3. The largest absolute Gasteiger partial charge is 0.494 e. The van der Waals surface area contributed by atoms with E-state index in [0.717, 1.165) is 16.4 Å². The second-order valence-corrected chi connectivity index (χ2v) is 11.4. The number of carbonyl (C=O) groups excluding carboxylic acids is 2. The summed E-state index contributed by atoms with van der Waals surface area (Å²) < 4.78 is 47.6. The highest BCUT2D eigenvalue weighted by molar-refractivity contribution is 7.92. The van der Waals surface area contributed by atoms with E-state index >= 15 is 0 Å². The Morgan fingerprint density at radius 3 is 2.23 bits per heavy atom. The smallest absolute Gasteiger partial charge is 0.264 e. The molecule has 40 heavy (non-hydrogen) atoms. The number of rotatable bonds is 12. The standard InChI is InChI=1S/C28H30Cl2FN3O5S/c1-4-32-28(36)19(3)33(17-20-6-7-21(29)16-26(20)30)27(35)18-34(23-10-8-22(31)9-11-23)40(37,38)25-14-12-24(13-15-25)39-5-2/h6-16,19H,4-5,17-18H2,1-3H3,(H,32,36). The number of hydrogen-bond acceptors (Lipinski definition) is 5. The van der Waals surface area contributed by atoms with Crippen LogP contribution in [0.5, 0.6) is 5.75 Å². The van der Waals surface area contributed by atoms with Crippen LogP contribution in [0.3, 0.4) is 0 Å². The van der Waals surface area contributed by atoms with Gasteiger partial charge in [-0.15, -0.1) is 0 Å². The van der Waals surface area contributed by atoms with E-state index in [9.17, 15) is 22.4 Å². The van der Waals surface area contributed by atoms with E-state index in [2.05, 4.69) is 5.32 Å². The van der Waals surface area contributed by atoms with Gasteiger partial charge in [-0.2, -0.15) is 0 Å². The Morgan fingerprint density at radius 2 is 1.65 bits per heavy atom. The van der Waals surface area contributed by atoms with Gasteiger partial charge < -0.3 is 15.0 Å². The number of carbonyl (C=O) groups is 2. The minimum absolute atomic E-state index is 0.0683. The molecule has 1 N–H and O–H groups in total. The molecule has 2 amide bonds. The minimum Gasteiger partial charge on any atom is -0.494 e. The van der Waals surface area contributed by atoms with Crippen LogP contribution in [0.1, 0.15) is 26.3 Å². The number of nitrogens with zero attached hydrogens (tertiary/aromatic N) is 2. The van der Waals surface area contributed by atoms with Crippen molar-refractivity contribution in [3.63, 3.8) is 0 Å². The summed E-state index contributed by atoms with van der Waals surface area (Å²) >= 11 is 12.4. The van der Waals surface area contributed by atoms with Gasteiger partial charge in [0.05, 0.1) is 17.2 Å². The van der Waals surface area contributed by atoms with E-state index in [1.54, 1.807) is 26.0 Å². The molecule has 3 aromatic rings. The average molecular weight is 611 g/mol. The molecule has 3 rings (SSSR count). The maximum Gasteiger partial charge on any atom is 0.264 e. The molecule has 0 saturated carbocycles. The molecule has 0 fully saturated rings. The lowest BCUT2D eigenvalue weighted by molar-refractivity contribution is -0.139. The first-order valence-electron chi connectivity index (χ1n) is 12.5. The summed E-state index contributed by atoms with van der Waals surface area (Å²) in [6.45, 7) is 5.06. The molecule has 3 aromatic carbocycles. The molecule has 0 spiro atoms. The van der Waals surface area contributed by atoms with Gasteiger partial charge in [-0.1, -0.05) is 29.3 Å². The molecular weight excluding hydrogens is 580 g/mol. The van der Waals surface area contributed by atoms with Gasteiger partial charge in [0.25, 0.3) is 10.0 Å². The van der Waals surface area contributed by atoms with E-state index in [0.29, 0.717) is 29.5 Å². The van der Waals surface area contributed by atoms with E-state index in [1.165, 1.54) is 54.3 Å². The van der Waals surface area contributed by atoms with Gasteiger partial charge in [-0.05, 0) is 87.0 Å². The van der Waals surface area contributed by atoms with Gasteiger partial charge in [0.15, 0.2) is 0 Å². The van der Waals surface area contributed by atoms with Crippen molar-refractivity contribution in [2.75, 3.05) is 24.0 Å². The molecule has 0 saturated heterocycles. The van der Waals surface area contributed by atoms with Crippen molar-refractivity contribution in [1.82, 2.24) is 10.2 Å². The lowest BCUT2D eigenvalue weighted by Crippen LogP contribution is -2.51. The Bertz CT molecular complexity index is 1440. The third-order valence-corrected chi connectivity index (χ3v) is 8.37. The molecular formula is C28H30Cl2FN3O5S. The molecule has 0 bridgehead atoms. The van der Waals surface area contributed by atoms with Crippen LogP contribution in [0, 0.1) is 5.82 Å². The number of sulfonamides is 1. The summed E-state index contributed by atoms with van der Waals surface area (Å²) in [4.78, 5) is 27.7. The van der Waals surface area contributed by atoms with E-state index in [1.807, 2.05) is 0 Å². The van der Waals surface area contributed by atoms with Gasteiger partial charge in [-0.25, -0.2) is 12.8 Å². The minimum atomic E-state index is -4.31. The zero-order chi connectivity index (χ0) is 29.4. The number of halogens is 3. The number of likely N-dealkylation sites (N-methyl/N-ethyl adjacent to an activating group) is 1. The summed E-state index contributed by atoms with van der Waals surface area (Å²) in [6, 6.07) is 14.2. The lowest BCUT2D eigenvalue weighted by Gasteiger charge is -2.32. The fourth-order valence-corrected chi connectivity index (χ4v) is 5.76. The highest BCUT2D eigenvalue weighted by Crippen LogP contribution is 2.27. The van der Waals surface area contributed by atoms with Crippen LogP contribution >= 0.6 is 23.2 Å². The normalized spacial score (nSPS) is 11.9. The second-order valence-electron chi connectivity index (χ2n) is 8.72. The summed E-state index contributed by atoms with van der Waals surface area (Å²) in [7, 11) is -4.31. The predicted octanol–water partition coefficient (Wildman–Crippen LogP) is 5.28. The van der Waals surface area contributed by atoms with Gasteiger partial charge in [0, 0.05) is 23.1 Å². The van der Waals surface area contributed by atoms with E-state index in [-0.39, 0.29) is 22.2 Å². The van der Waals surface area contributed by atoms with Crippen molar-refractivity contribution in [2.45, 2.75) is 38.3 Å². The summed E-state index contributed by atoms with van der Waals surface area (Å²) in [5.41, 5.74) is 0.581. The Morgan fingerprint density at radius 1 is 1.00 bits per heavy atom. The molecule has 214 valence electrons. The first kappa shape index (κ1) is 31.2. The maximum atomic E-state index is 13.8. The average Bonchev–Trinajstić information content (AvgIpc) is 2.92. The molecule has 0 radical (unpaired) electrons. The highest BCUT2D eigenvalue weighted by atomic mass is 35.5. The summed E-state index contributed by atoms with van der Waals surface area (Å²) in [6.07, 6.45) is 0. The predicted molar refractivity (Wildman–Crippen MR) is 154 cm³/mol. The summed E-state index contributed by atoms with van der Waals surface area (Å²) in [5.74, 6) is -1.20. The van der Waals surface area contributed by atoms with Crippen molar-refractivity contribution in [1.29, 1.82) is 0 Å². The molecule has 8 nitrogen and oxygen atoms in total. The Balaban J connectivity index is 2.03. The number of hydrogen-bond donors (Lipinski definition) is 1. The van der Waals surface area contributed by atoms with Crippen LogP contribution in [0.25, 0.3) is 0 Å². The number of ether oxygens (including phenoxy) is 1. The molecule has 0 aliphatic carbocycles. The van der Waals surface area contributed by atoms with Crippen molar-refractivity contribution >= 4 is 50.7 Å². The van der Waals surface area contributed by atoms with Crippen LogP contribution in [-0.4, -0.2) is 50.9 Å². The van der Waals surface area contributed by atoms with Crippen LogP contribution in [0.15, 0.2) is 71.6 Å².